The summed E-state index contributed by atoms with van der Waals surface area (Å²) < 4.78 is 19.5. The fourth-order valence-electron chi connectivity index (χ4n) is 10.7. The Morgan fingerprint density at radius 3 is 2.45 bits per heavy atom. The van der Waals surface area contributed by atoms with Gasteiger partial charge in [-0.1, -0.05) is 58.9 Å². The minimum atomic E-state index is -0.436. The van der Waals surface area contributed by atoms with E-state index >= 15 is 0 Å². The van der Waals surface area contributed by atoms with Gasteiger partial charge in [0.05, 0.1) is 11.7 Å². The van der Waals surface area contributed by atoms with Crippen LogP contribution in [0.5, 0.6) is 0 Å². The average molecular weight is 529 g/mol. The molecule has 4 aliphatic carbocycles. The van der Waals surface area contributed by atoms with E-state index in [-0.39, 0.29) is 34.2 Å². The quantitative estimate of drug-likeness (QED) is 0.328. The van der Waals surface area contributed by atoms with E-state index in [2.05, 4.69) is 86.6 Å². The predicted octanol–water partition coefficient (Wildman–Crippen LogP) is 7.70. The minimum absolute atomic E-state index is 0.00399. The van der Waals surface area contributed by atoms with Crippen molar-refractivity contribution in [1.29, 1.82) is 0 Å². The Morgan fingerprint density at radius 2 is 1.76 bits per heavy atom. The summed E-state index contributed by atoms with van der Waals surface area (Å²) in [5.41, 5.74) is -0.461. The third-order valence-corrected chi connectivity index (χ3v) is 13.0. The van der Waals surface area contributed by atoms with Gasteiger partial charge in [0.25, 0.3) is 0 Å². The van der Waals surface area contributed by atoms with Crippen LogP contribution in [0.1, 0.15) is 107 Å². The molecule has 0 amide bonds. The molecular formula is C34H56O4. The van der Waals surface area contributed by atoms with Crippen molar-refractivity contribution >= 4 is 0 Å². The highest BCUT2D eigenvalue weighted by Crippen LogP contribution is 2.78. The molecule has 4 nitrogen and oxygen atoms in total. The molecule has 1 heterocycles. The van der Waals surface area contributed by atoms with E-state index < -0.39 is 5.60 Å². The van der Waals surface area contributed by atoms with Crippen molar-refractivity contribution in [1.82, 2.24) is 0 Å². The lowest BCUT2D eigenvalue weighted by Crippen LogP contribution is -2.65. The summed E-state index contributed by atoms with van der Waals surface area (Å²) in [5, 5.41) is 11.1. The molecule has 3 saturated carbocycles. The molecule has 0 aromatic carbocycles. The summed E-state index contributed by atoms with van der Waals surface area (Å²) in [4.78, 5) is 0. The van der Waals surface area contributed by atoms with Crippen LogP contribution in [0.4, 0.5) is 0 Å². The van der Waals surface area contributed by atoms with Gasteiger partial charge in [-0.2, -0.15) is 0 Å². The number of fused-ring (bicyclic) bond motifs is 2. The molecule has 5 rings (SSSR count). The maximum atomic E-state index is 11.1. The molecule has 3 unspecified atom stereocenters. The lowest BCUT2D eigenvalue weighted by molar-refractivity contribution is -0.233. The van der Waals surface area contributed by atoms with Crippen molar-refractivity contribution in [3.8, 4) is 0 Å². The van der Waals surface area contributed by atoms with Crippen molar-refractivity contribution in [2.24, 2.45) is 45.3 Å². The molecule has 5 aliphatic rings. The predicted molar refractivity (Wildman–Crippen MR) is 154 cm³/mol. The lowest BCUT2D eigenvalue weighted by atomic mass is 9.38. The molecule has 10 atom stereocenters. The Morgan fingerprint density at radius 1 is 1.03 bits per heavy atom. The van der Waals surface area contributed by atoms with Crippen LogP contribution in [0, 0.1) is 45.3 Å². The summed E-state index contributed by atoms with van der Waals surface area (Å²) in [6.07, 6.45) is 17.1. The van der Waals surface area contributed by atoms with Crippen molar-refractivity contribution in [2.45, 2.75) is 131 Å². The van der Waals surface area contributed by atoms with E-state index in [1.807, 2.05) is 0 Å². The second-order valence-electron chi connectivity index (χ2n) is 15.1. The van der Waals surface area contributed by atoms with Crippen LogP contribution in [-0.4, -0.2) is 41.9 Å². The maximum absolute atomic E-state index is 11.1. The van der Waals surface area contributed by atoms with Gasteiger partial charge >= 0.3 is 0 Å². The van der Waals surface area contributed by atoms with Crippen LogP contribution in [0.2, 0.25) is 0 Å². The van der Waals surface area contributed by atoms with Crippen LogP contribution in [0.3, 0.4) is 0 Å². The second-order valence-corrected chi connectivity index (χ2v) is 15.1. The fraction of sp³-hybridized carbons (Fsp3) is 0.882. The van der Waals surface area contributed by atoms with E-state index in [0.717, 1.165) is 32.3 Å². The Hall–Kier alpha value is -0.680. The number of ether oxygens (including phenoxy) is 3. The van der Waals surface area contributed by atoms with Crippen LogP contribution >= 0.6 is 0 Å². The van der Waals surface area contributed by atoms with Gasteiger partial charge in [-0.3, -0.25) is 0 Å². The molecule has 1 N–H and O–H groups in total. The monoisotopic (exact) mass is 528 g/mol. The smallest absolute Gasteiger partial charge is 0.165 e. The summed E-state index contributed by atoms with van der Waals surface area (Å²) in [6, 6.07) is 0. The standard InChI is InChI=1S/C34H56O4/c1-10-36-28-33-22-21-31(8)24(23(3)13-12-18-29(4,5)37-11-2)16-19-32(31,9)25(33)17-20-34(38-28)26(33)14-15-27(35)30(34,6)7/h12,17-18,20,23-28,35H,10-11,13-16,19,21-22H2,1-9H3/b18-12+/t23-,24-,25?,26?,27+,28-,31-,32+,33?,34-/m1/s1. The maximum Gasteiger partial charge on any atom is 0.165 e. The van der Waals surface area contributed by atoms with E-state index in [4.69, 9.17) is 14.2 Å². The van der Waals surface area contributed by atoms with Gasteiger partial charge in [0.1, 0.15) is 5.60 Å². The van der Waals surface area contributed by atoms with Gasteiger partial charge < -0.3 is 19.3 Å². The van der Waals surface area contributed by atoms with Gasteiger partial charge in [-0.25, -0.2) is 0 Å². The molecule has 0 aromatic heterocycles. The largest absolute Gasteiger partial charge is 0.392 e. The van der Waals surface area contributed by atoms with Crippen molar-refractivity contribution in [3.05, 3.63) is 24.3 Å². The van der Waals surface area contributed by atoms with Gasteiger partial charge in [-0.15, -0.1) is 0 Å². The zero-order valence-electron chi connectivity index (χ0n) is 25.8. The van der Waals surface area contributed by atoms with E-state index in [0.29, 0.717) is 35.7 Å². The van der Waals surface area contributed by atoms with Crippen molar-refractivity contribution < 1.29 is 19.3 Å². The number of allylic oxidation sites excluding steroid dienone is 2. The highest BCUT2D eigenvalue weighted by Gasteiger charge is 2.78. The third-order valence-electron chi connectivity index (χ3n) is 13.0. The van der Waals surface area contributed by atoms with Crippen molar-refractivity contribution in [3.63, 3.8) is 0 Å². The average Bonchev–Trinajstić information content (AvgIpc) is 3.21. The Balaban J connectivity index is 1.48. The molecule has 1 spiro atoms. The molecule has 0 aromatic rings. The second kappa shape index (κ2) is 9.43. The first kappa shape index (κ1) is 28.8. The highest BCUT2D eigenvalue weighted by molar-refractivity contribution is 5.34. The Kier molecular flexibility index (Phi) is 7.15. The van der Waals surface area contributed by atoms with Gasteiger partial charge in [0, 0.05) is 30.0 Å². The molecule has 2 bridgehead atoms. The lowest BCUT2D eigenvalue weighted by Gasteiger charge is -2.65. The molecule has 216 valence electrons. The zero-order chi connectivity index (χ0) is 27.8. The topological polar surface area (TPSA) is 47.9 Å². The SMILES string of the molecule is CCO[C@@H]1O[C@]23C=CC4C1(CC[C@]1(C)[C@@H]([C@H](C)C/C=C/C(C)(C)OCC)CC[C@@]41C)C2CC[C@H](O)C3(C)C. The number of aliphatic hydroxyl groups excluding tert-OH is 1. The number of aliphatic hydroxyl groups is 1. The molecule has 38 heavy (non-hydrogen) atoms. The van der Waals surface area contributed by atoms with Gasteiger partial charge in [-0.05, 0) is 101 Å². The fourth-order valence-corrected chi connectivity index (χ4v) is 10.7. The normalized spacial score (nSPS) is 48.1. The van der Waals surface area contributed by atoms with Crippen LogP contribution in [-0.2, 0) is 14.2 Å². The van der Waals surface area contributed by atoms with Gasteiger partial charge in [0.2, 0.25) is 0 Å². The highest BCUT2D eigenvalue weighted by atomic mass is 16.7. The summed E-state index contributed by atoms with van der Waals surface area (Å²) >= 11 is 0. The minimum Gasteiger partial charge on any atom is -0.392 e. The Bertz CT molecular complexity index is 952. The number of hydrogen-bond acceptors (Lipinski definition) is 4. The molecule has 1 aliphatic heterocycles. The van der Waals surface area contributed by atoms with Crippen LogP contribution < -0.4 is 0 Å². The first-order valence-electron chi connectivity index (χ1n) is 15.7. The summed E-state index contributed by atoms with van der Waals surface area (Å²) in [7, 11) is 0. The van der Waals surface area contributed by atoms with E-state index in [9.17, 15) is 5.11 Å². The van der Waals surface area contributed by atoms with E-state index in [1.54, 1.807) is 0 Å². The van der Waals surface area contributed by atoms with Crippen molar-refractivity contribution in [2.75, 3.05) is 13.2 Å². The molecule has 4 heteroatoms. The first-order valence-corrected chi connectivity index (χ1v) is 15.7. The first-order chi connectivity index (χ1) is 17.8. The molecular weight excluding hydrogens is 472 g/mol. The molecule has 0 radical (unpaired) electrons. The zero-order valence-corrected chi connectivity index (χ0v) is 25.8. The summed E-state index contributed by atoms with van der Waals surface area (Å²) in [5.74, 6) is 2.20. The third kappa shape index (κ3) is 3.68. The molecule has 1 saturated heterocycles. The summed E-state index contributed by atoms with van der Waals surface area (Å²) in [6.45, 7) is 22.1. The number of rotatable bonds is 8. The van der Waals surface area contributed by atoms with Gasteiger partial charge in [0.15, 0.2) is 6.29 Å². The van der Waals surface area contributed by atoms with Crippen LogP contribution in [0.25, 0.3) is 0 Å². The number of hydrogen-bond donors (Lipinski definition) is 1. The molecule has 4 fully saturated rings. The van der Waals surface area contributed by atoms with E-state index in [1.165, 1.54) is 19.3 Å². The Labute approximate surface area is 233 Å². The van der Waals surface area contributed by atoms with Crippen LogP contribution in [0.15, 0.2) is 24.3 Å².